The van der Waals surface area contributed by atoms with Crippen LogP contribution in [0.15, 0.2) is 36.5 Å². The van der Waals surface area contributed by atoms with E-state index in [1.54, 1.807) is 6.07 Å². The number of hydrogen-bond acceptors (Lipinski definition) is 3. The minimum Gasteiger partial charge on any atom is -0.362 e. The van der Waals surface area contributed by atoms with Crippen molar-refractivity contribution >= 4 is 27.8 Å². The molecule has 0 saturated carbocycles. The Morgan fingerprint density at radius 1 is 1.20 bits per heavy atom. The fourth-order valence-corrected chi connectivity index (χ4v) is 3.26. The van der Waals surface area contributed by atoms with Gasteiger partial charge < -0.3 is 15.7 Å². The molecule has 0 aliphatic rings. The third-order valence-corrected chi connectivity index (χ3v) is 4.66. The van der Waals surface area contributed by atoms with Crippen LogP contribution >= 0.6 is 0 Å². The zero-order chi connectivity index (χ0) is 22.1. The van der Waals surface area contributed by atoms with Crippen molar-refractivity contribution < 1.29 is 18.0 Å². The monoisotopic (exact) mass is 413 g/mol. The number of nitrogens with two attached hydrogens (primary N) is 1. The highest BCUT2D eigenvalue weighted by Gasteiger charge is 2.35. The van der Waals surface area contributed by atoms with Crippen LogP contribution in [0.4, 0.5) is 13.2 Å². The highest BCUT2D eigenvalue weighted by atomic mass is 19.4. The fraction of sp³-hybridized carbons (Fsp3) is 0.190. The number of nitriles is 1. The third kappa shape index (κ3) is 4.27. The Balaban J connectivity index is 0.000000318. The van der Waals surface area contributed by atoms with E-state index < -0.39 is 12.1 Å². The van der Waals surface area contributed by atoms with Gasteiger partial charge in [0.1, 0.15) is 5.82 Å². The molecule has 0 fully saturated rings. The van der Waals surface area contributed by atoms with E-state index >= 15 is 0 Å². The van der Waals surface area contributed by atoms with Crippen LogP contribution in [0.5, 0.6) is 0 Å². The van der Waals surface area contributed by atoms with Crippen LogP contribution < -0.4 is 5.73 Å². The van der Waals surface area contributed by atoms with E-state index in [9.17, 15) is 13.2 Å². The van der Waals surface area contributed by atoms with Gasteiger partial charge in [-0.3, -0.25) is 4.79 Å². The van der Waals surface area contributed by atoms with Crippen LogP contribution in [0.2, 0.25) is 0 Å². The quantitative estimate of drug-likeness (QED) is 0.459. The van der Waals surface area contributed by atoms with Gasteiger partial charge in [0.05, 0.1) is 22.7 Å². The summed E-state index contributed by atoms with van der Waals surface area (Å²) in [6.45, 7) is 4.27. The van der Waals surface area contributed by atoms with Crippen LogP contribution in [-0.2, 0) is 11.2 Å². The number of amides is 1. The second kappa shape index (κ2) is 7.91. The molecule has 6 nitrogen and oxygen atoms in total. The molecule has 4 rings (SSSR count). The molecule has 0 saturated heterocycles. The summed E-state index contributed by atoms with van der Waals surface area (Å²) in [7, 11) is 0. The summed E-state index contributed by atoms with van der Waals surface area (Å²) in [5.74, 6) is -1.34. The van der Waals surface area contributed by atoms with E-state index in [1.165, 1.54) is 27.6 Å². The number of carbonyl (C=O) groups is 1. The molecule has 2 aromatic carbocycles. The van der Waals surface area contributed by atoms with Gasteiger partial charge in [0.25, 0.3) is 0 Å². The fourth-order valence-electron chi connectivity index (χ4n) is 3.26. The number of nitrogens with one attached hydrogen (secondary N) is 2. The van der Waals surface area contributed by atoms with Crippen molar-refractivity contribution in [2.45, 2.75) is 26.4 Å². The largest absolute Gasteiger partial charge is 0.470 e. The number of aromatic amines is 2. The predicted octanol–water partition coefficient (Wildman–Crippen LogP) is 4.16. The highest BCUT2D eigenvalue weighted by molar-refractivity contribution is 5.87. The summed E-state index contributed by atoms with van der Waals surface area (Å²) in [5, 5.41) is 10.3. The number of aromatic nitrogens is 3. The molecule has 4 aromatic rings. The van der Waals surface area contributed by atoms with Crippen molar-refractivity contribution in [3.8, 4) is 6.07 Å². The molecule has 0 bridgehead atoms. The summed E-state index contributed by atoms with van der Waals surface area (Å²) in [6.07, 6.45) is -2.13. The lowest BCUT2D eigenvalue weighted by molar-refractivity contribution is -0.169. The van der Waals surface area contributed by atoms with Gasteiger partial charge in [-0.25, -0.2) is 4.98 Å². The molecular weight excluding hydrogens is 395 g/mol. The minimum absolute atomic E-state index is 0.646. The standard InChI is InChI=1S/C19H16N4.C2H2F3NO/c1-11-7-12(2)19-14(5-6-21-19)15(11)9-18-22-16-4-3-13(10-20)8-17(16)23-18;3-2(4,5)1(6)7/h3-8,21H,9H2,1-2H3,(H,22,23);(H2,6,7). The minimum atomic E-state index is -4.86. The van der Waals surface area contributed by atoms with Gasteiger partial charge in [-0.1, -0.05) is 6.07 Å². The number of imidazole rings is 1. The van der Waals surface area contributed by atoms with E-state index in [0.717, 1.165) is 23.3 Å². The second-order valence-corrected chi connectivity index (χ2v) is 6.82. The number of hydrogen-bond donors (Lipinski definition) is 3. The topological polar surface area (TPSA) is 111 Å². The van der Waals surface area contributed by atoms with Gasteiger partial charge in [0.2, 0.25) is 0 Å². The van der Waals surface area contributed by atoms with E-state index in [4.69, 9.17) is 10.1 Å². The maximum Gasteiger partial charge on any atom is 0.470 e. The van der Waals surface area contributed by atoms with Crippen molar-refractivity contribution in [2.75, 3.05) is 0 Å². The first-order valence-corrected chi connectivity index (χ1v) is 8.91. The Labute approximate surface area is 169 Å². The molecule has 0 aliphatic heterocycles. The first-order valence-electron chi connectivity index (χ1n) is 8.91. The van der Waals surface area contributed by atoms with E-state index in [0.29, 0.717) is 5.56 Å². The molecule has 9 heteroatoms. The molecule has 2 aromatic heterocycles. The molecule has 0 unspecified atom stereocenters. The Morgan fingerprint density at radius 2 is 1.90 bits per heavy atom. The summed E-state index contributed by atoms with van der Waals surface area (Å²) in [5.41, 5.74) is 11.3. The average Bonchev–Trinajstić information content (AvgIpc) is 3.31. The number of nitrogens with zero attached hydrogens (tertiary/aromatic N) is 2. The molecule has 0 atom stereocenters. The number of carbonyl (C=O) groups excluding carboxylic acids is 1. The summed E-state index contributed by atoms with van der Waals surface area (Å²) in [6, 6.07) is 12.0. The molecular formula is C21H18F3N5O. The summed E-state index contributed by atoms with van der Waals surface area (Å²) < 4.78 is 32.1. The zero-order valence-corrected chi connectivity index (χ0v) is 16.2. The van der Waals surface area contributed by atoms with Crippen molar-refractivity contribution in [3.63, 3.8) is 0 Å². The lowest BCUT2D eigenvalue weighted by Crippen LogP contribution is -2.30. The van der Waals surface area contributed by atoms with Crippen LogP contribution in [0.25, 0.3) is 21.9 Å². The van der Waals surface area contributed by atoms with Crippen LogP contribution in [0.1, 0.15) is 28.1 Å². The second-order valence-electron chi connectivity index (χ2n) is 6.82. The number of aryl methyl sites for hydroxylation is 2. The number of benzene rings is 2. The number of primary amides is 1. The van der Waals surface area contributed by atoms with Gasteiger partial charge in [0, 0.05) is 23.5 Å². The van der Waals surface area contributed by atoms with E-state index in [-0.39, 0.29) is 0 Å². The molecule has 2 heterocycles. The van der Waals surface area contributed by atoms with Crippen LogP contribution in [0.3, 0.4) is 0 Å². The first kappa shape index (κ1) is 20.9. The third-order valence-electron chi connectivity index (χ3n) is 4.66. The average molecular weight is 413 g/mol. The lowest BCUT2D eigenvalue weighted by Gasteiger charge is -2.08. The smallest absolute Gasteiger partial charge is 0.362 e. The maximum absolute atomic E-state index is 10.7. The Morgan fingerprint density at radius 3 is 2.53 bits per heavy atom. The Kier molecular flexibility index (Phi) is 5.52. The maximum atomic E-state index is 10.7. The number of rotatable bonds is 2. The van der Waals surface area contributed by atoms with Gasteiger partial charge in [-0.15, -0.1) is 0 Å². The SMILES string of the molecule is Cc1cc(C)c2[nH]ccc2c1Cc1nc2ccc(C#N)cc2[nH]1.NC(=O)C(F)(F)F. The van der Waals surface area contributed by atoms with Gasteiger partial charge in [-0.2, -0.15) is 18.4 Å². The molecule has 1 amide bonds. The molecule has 0 radical (unpaired) electrons. The van der Waals surface area contributed by atoms with Gasteiger partial charge in [0.15, 0.2) is 0 Å². The molecule has 4 N–H and O–H groups in total. The van der Waals surface area contributed by atoms with Crippen molar-refractivity contribution in [3.05, 3.63) is 64.6 Å². The highest BCUT2D eigenvalue weighted by Crippen LogP contribution is 2.27. The Hall–Kier alpha value is -3.80. The first-order chi connectivity index (χ1) is 14.1. The number of fused-ring (bicyclic) bond motifs is 2. The Bertz CT molecular complexity index is 1280. The summed E-state index contributed by atoms with van der Waals surface area (Å²) >= 11 is 0. The van der Waals surface area contributed by atoms with Gasteiger partial charge >= 0.3 is 12.1 Å². The number of H-pyrrole nitrogens is 2. The summed E-state index contributed by atoms with van der Waals surface area (Å²) in [4.78, 5) is 20.4. The number of halogens is 3. The lowest BCUT2D eigenvalue weighted by atomic mass is 9.98. The predicted molar refractivity (Wildman–Crippen MR) is 107 cm³/mol. The van der Waals surface area contributed by atoms with E-state index in [2.05, 4.69) is 52.7 Å². The molecule has 0 spiro atoms. The van der Waals surface area contributed by atoms with Crippen molar-refractivity contribution in [1.82, 2.24) is 15.0 Å². The van der Waals surface area contributed by atoms with Crippen LogP contribution in [-0.4, -0.2) is 27.0 Å². The molecule has 0 aliphatic carbocycles. The van der Waals surface area contributed by atoms with E-state index in [1.807, 2.05) is 18.3 Å². The van der Waals surface area contributed by atoms with Crippen LogP contribution in [0, 0.1) is 25.2 Å². The molecule has 30 heavy (non-hydrogen) atoms. The van der Waals surface area contributed by atoms with Gasteiger partial charge in [-0.05, 0) is 54.8 Å². The molecule has 154 valence electrons. The zero-order valence-electron chi connectivity index (χ0n) is 16.2. The number of alkyl halides is 3. The van der Waals surface area contributed by atoms with Crippen molar-refractivity contribution in [2.24, 2.45) is 5.73 Å². The normalized spacial score (nSPS) is 11.2. The van der Waals surface area contributed by atoms with Crippen molar-refractivity contribution in [1.29, 1.82) is 5.26 Å².